The third-order valence-corrected chi connectivity index (χ3v) is 13.8. The summed E-state index contributed by atoms with van der Waals surface area (Å²) in [5.41, 5.74) is 8.39. The van der Waals surface area contributed by atoms with Gasteiger partial charge in [-0.15, -0.1) is 0 Å². The largest absolute Gasteiger partial charge is 0.369 e. The standard InChI is InChI=1S/C48H52N12O6/c1-28-5-4-6-29(2)41(28)52-42-37-25-49-48(53-43(37)55(3)54-42)50-33-8-7-30-13-18-59(26-32(30)23-33)45(64)31-14-16-58(17-15-31)40(62)27-56-19-21-57(22-20-56)34-9-10-35-36(24-34)47(66)60(46(35)65)38-11-12-39(61)51-44(38)63/h4-10,23-25,31,38H,11-22,26-27H2,1-3H3,(H,52,54)(H,49,50,53)(H,51,61,63). The first kappa shape index (κ1) is 42.7. The molecule has 0 saturated carbocycles. The van der Waals surface area contributed by atoms with Crippen molar-refractivity contribution in [1.29, 1.82) is 0 Å². The van der Waals surface area contributed by atoms with Gasteiger partial charge in [-0.2, -0.15) is 10.1 Å². The molecule has 0 spiro atoms. The van der Waals surface area contributed by atoms with E-state index < -0.39 is 29.7 Å². The number of likely N-dealkylation sites (tertiary alicyclic amines) is 1. The molecule has 340 valence electrons. The summed E-state index contributed by atoms with van der Waals surface area (Å²) in [6, 6.07) is 16.5. The minimum atomic E-state index is -1.01. The summed E-state index contributed by atoms with van der Waals surface area (Å²) in [4.78, 5) is 96.5. The third kappa shape index (κ3) is 8.09. The Morgan fingerprint density at radius 3 is 2.30 bits per heavy atom. The number of nitrogens with zero attached hydrogens (tertiary/aromatic N) is 9. The molecule has 6 amide bonds. The van der Waals surface area contributed by atoms with Gasteiger partial charge >= 0.3 is 0 Å². The highest BCUT2D eigenvalue weighted by Gasteiger charge is 2.45. The predicted molar refractivity (Wildman–Crippen MR) is 245 cm³/mol. The van der Waals surface area contributed by atoms with Gasteiger partial charge < -0.3 is 25.3 Å². The van der Waals surface area contributed by atoms with Crippen molar-refractivity contribution in [3.05, 3.63) is 94.2 Å². The monoisotopic (exact) mass is 892 g/mol. The molecular weight excluding hydrogens is 841 g/mol. The van der Waals surface area contributed by atoms with Crippen molar-refractivity contribution < 1.29 is 28.8 Å². The average Bonchev–Trinajstić information content (AvgIpc) is 3.76. The maximum atomic E-state index is 13.9. The van der Waals surface area contributed by atoms with E-state index in [2.05, 4.69) is 68.8 Å². The lowest BCUT2D eigenvalue weighted by atomic mass is 9.92. The summed E-state index contributed by atoms with van der Waals surface area (Å²) in [7, 11) is 1.87. The predicted octanol–water partition coefficient (Wildman–Crippen LogP) is 3.81. The normalized spacial score (nSPS) is 19.3. The molecule has 5 aliphatic rings. The topological polar surface area (TPSA) is 198 Å². The Labute approximate surface area is 381 Å². The number of carbonyl (C=O) groups excluding carboxylic acids is 6. The van der Waals surface area contributed by atoms with Crippen LogP contribution in [0.4, 0.5) is 28.8 Å². The molecule has 18 nitrogen and oxygen atoms in total. The maximum absolute atomic E-state index is 13.9. The van der Waals surface area contributed by atoms with E-state index in [1.165, 1.54) is 5.56 Å². The molecule has 0 aliphatic carbocycles. The lowest BCUT2D eigenvalue weighted by Crippen LogP contribution is -2.54. The van der Waals surface area contributed by atoms with E-state index in [1.54, 1.807) is 23.0 Å². The lowest BCUT2D eigenvalue weighted by molar-refractivity contribution is -0.141. The number of carbonyl (C=O) groups is 6. The second-order valence-electron chi connectivity index (χ2n) is 18.0. The van der Waals surface area contributed by atoms with Gasteiger partial charge in [0.1, 0.15) is 6.04 Å². The molecule has 3 fully saturated rings. The quantitative estimate of drug-likeness (QED) is 0.181. The van der Waals surface area contributed by atoms with Crippen LogP contribution in [0.5, 0.6) is 0 Å². The van der Waals surface area contributed by atoms with Crippen LogP contribution in [-0.4, -0.2) is 133 Å². The molecule has 3 aromatic carbocycles. The number of para-hydroxylation sites is 1. The van der Waals surface area contributed by atoms with Gasteiger partial charge in [-0.25, -0.2) is 9.67 Å². The van der Waals surface area contributed by atoms with Crippen LogP contribution in [-0.2, 0) is 39.2 Å². The van der Waals surface area contributed by atoms with Gasteiger partial charge in [0.2, 0.25) is 29.6 Å². The van der Waals surface area contributed by atoms with Crippen LogP contribution in [0, 0.1) is 19.8 Å². The number of hydrogen-bond donors (Lipinski definition) is 3. The summed E-state index contributed by atoms with van der Waals surface area (Å²) in [5.74, 6) is -0.918. The second kappa shape index (κ2) is 17.3. The molecule has 0 radical (unpaired) electrons. The summed E-state index contributed by atoms with van der Waals surface area (Å²) < 4.78 is 1.75. The number of benzene rings is 3. The molecule has 10 rings (SSSR count). The molecule has 5 aromatic rings. The van der Waals surface area contributed by atoms with E-state index in [0.29, 0.717) is 82.6 Å². The highest BCUT2D eigenvalue weighted by Crippen LogP contribution is 2.33. The van der Waals surface area contributed by atoms with Crippen LogP contribution in [0.3, 0.4) is 0 Å². The smallest absolute Gasteiger partial charge is 0.262 e. The molecule has 2 aromatic heterocycles. The number of nitrogens with one attached hydrogen (secondary N) is 3. The zero-order valence-corrected chi connectivity index (χ0v) is 37.3. The van der Waals surface area contributed by atoms with Crippen molar-refractivity contribution in [3.63, 3.8) is 0 Å². The van der Waals surface area contributed by atoms with Gasteiger partial charge in [-0.05, 0) is 92.1 Å². The number of imide groups is 2. The fourth-order valence-corrected chi connectivity index (χ4v) is 10.0. The van der Waals surface area contributed by atoms with Crippen LogP contribution in [0.1, 0.15) is 68.7 Å². The fourth-order valence-electron chi connectivity index (χ4n) is 10.0. The number of aromatic nitrogens is 4. The van der Waals surface area contributed by atoms with Gasteiger partial charge in [0.15, 0.2) is 11.5 Å². The van der Waals surface area contributed by atoms with E-state index in [1.807, 2.05) is 35.0 Å². The number of piperazine rings is 1. The first-order valence-electron chi connectivity index (χ1n) is 22.7. The zero-order chi connectivity index (χ0) is 45.8. The van der Waals surface area contributed by atoms with Crippen molar-refractivity contribution in [2.45, 2.75) is 58.5 Å². The number of rotatable bonds is 9. The van der Waals surface area contributed by atoms with Crippen LogP contribution in [0.2, 0.25) is 0 Å². The molecule has 66 heavy (non-hydrogen) atoms. The van der Waals surface area contributed by atoms with Crippen LogP contribution in [0.15, 0.2) is 60.8 Å². The van der Waals surface area contributed by atoms with E-state index in [0.717, 1.165) is 50.5 Å². The SMILES string of the molecule is Cc1cccc(C)c1Nc1nn(C)c2nc(Nc3ccc4c(c3)CN(C(=O)C3CCN(C(=O)CN5CCN(c6ccc7c(c6)C(=O)N(C6CCC(=O)NC6=O)C7=O)CC5)CC3)CC4)ncc12. The molecule has 1 unspecified atom stereocenters. The lowest BCUT2D eigenvalue weighted by Gasteiger charge is -2.38. The Bertz CT molecular complexity index is 2810. The molecule has 5 aliphatic heterocycles. The number of anilines is 5. The summed E-state index contributed by atoms with van der Waals surface area (Å²) >= 11 is 0. The molecular formula is C48H52N12O6. The van der Waals surface area contributed by atoms with Crippen molar-refractivity contribution in [3.8, 4) is 0 Å². The number of aryl methyl sites for hydroxylation is 3. The van der Waals surface area contributed by atoms with Crippen molar-refractivity contribution in [2.24, 2.45) is 13.0 Å². The maximum Gasteiger partial charge on any atom is 0.262 e. The highest BCUT2D eigenvalue weighted by atomic mass is 16.2. The third-order valence-electron chi connectivity index (χ3n) is 13.8. The van der Waals surface area contributed by atoms with Crippen molar-refractivity contribution >= 4 is 75.3 Å². The minimum absolute atomic E-state index is 0.0532. The number of amides is 6. The minimum Gasteiger partial charge on any atom is -0.369 e. The molecule has 7 heterocycles. The number of hydrogen-bond acceptors (Lipinski definition) is 13. The van der Waals surface area contributed by atoms with E-state index in [-0.39, 0.29) is 48.2 Å². The van der Waals surface area contributed by atoms with Gasteiger partial charge in [0.25, 0.3) is 11.8 Å². The first-order valence-corrected chi connectivity index (χ1v) is 22.7. The number of piperidine rings is 2. The average molecular weight is 893 g/mol. The Kier molecular flexibility index (Phi) is 11.2. The fraction of sp³-hybridized carbons (Fsp3) is 0.396. The van der Waals surface area contributed by atoms with Gasteiger partial charge in [0, 0.05) is 95.0 Å². The summed E-state index contributed by atoms with van der Waals surface area (Å²) in [6.07, 6.45) is 3.97. The second-order valence-corrected chi connectivity index (χ2v) is 18.0. The molecule has 3 saturated heterocycles. The van der Waals surface area contributed by atoms with E-state index >= 15 is 0 Å². The molecule has 18 heteroatoms. The van der Waals surface area contributed by atoms with Gasteiger partial charge in [-0.3, -0.25) is 43.9 Å². The van der Waals surface area contributed by atoms with Crippen LogP contribution < -0.4 is 20.9 Å². The zero-order valence-electron chi connectivity index (χ0n) is 37.3. The number of fused-ring (bicyclic) bond motifs is 3. The van der Waals surface area contributed by atoms with E-state index in [9.17, 15) is 28.8 Å². The van der Waals surface area contributed by atoms with Crippen LogP contribution >= 0.6 is 0 Å². The van der Waals surface area contributed by atoms with Gasteiger partial charge in [-0.1, -0.05) is 24.3 Å². The Morgan fingerprint density at radius 1 is 0.788 bits per heavy atom. The Morgan fingerprint density at radius 2 is 1.55 bits per heavy atom. The van der Waals surface area contributed by atoms with E-state index in [4.69, 9.17) is 10.1 Å². The molecule has 3 N–H and O–H groups in total. The van der Waals surface area contributed by atoms with Crippen LogP contribution in [0.25, 0.3) is 11.0 Å². The van der Waals surface area contributed by atoms with Crippen molar-refractivity contribution in [2.75, 3.05) is 67.9 Å². The molecule has 1 atom stereocenters. The Balaban J connectivity index is 0.694. The Hall–Kier alpha value is -7.21. The first-order chi connectivity index (χ1) is 31.9. The highest BCUT2D eigenvalue weighted by molar-refractivity contribution is 6.23. The van der Waals surface area contributed by atoms with Crippen molar-refractivity contribution in [1.82, 2.24) is 44.7 Å². The summed E-state index contributed by atoms with van der Waals surface area (Å²) in [6.45, 7) is 9.20. The summed E-state index contributed by atoms with van der Waals surface area (Å²) in [5, 5.41) is 14.6. The molecule has 0 bridgehead atoms. The van der Waals surface area contributed by atoms with Gasteiger partial charge in [0.05, 0.1) is 23.1 Å².